The standard InChI is InChI=1S/C17H17NO5/c1-11(23-15-9-7-14(22-2)8-10-15)16(19)18-13-5-3-12(4-6-13)17(20)21/h3-11H,1-2H3,(H,18,19)(H,20,21)/t11-/m1/s1. The van der Waals surface area contributed by atoms with E-state index in [1.165, 1.54) is 24.3 Å². The van der Waals surface area contributed by atoms with E-state index >= 15 is 0 Å². The van der Waals surface area contributed by atoms with Crippen LogP contribution in [0.3, 0.4) is 0 Å². The highest BCUT2D eigenvalue weighted by molar-refractivity contribution is 5.95. The third-order valence-electron chi connectivity index (χ3n) is 3.14. The molecule has 2 aromatic rings. The summed E-state index contributed by atoms with van der Waals surface area (Å²) in [6.07, 6.45) is -0.706. The predicted octanol–water partition coefficient (Wildman–Crippen LogP) is 2.80. The van der Waals surface area contributed by atoms with Crippen LogP contribution in [0.2, 0.25) is 0 Å². The number of carbonyl (C=O) groups excluding carboxylic acids is 1. The maximum atomic E-state index is 12.1. The van der Waals surface area contributed by atoms with Crippen molar-refractivity contribution in [3.63, 3.8) is 0 Å². The zero-order chi connectivity index (χ0) is 16.8. The maximum absolute atomic E-state index is 12.1. The van der Waals surface area contributed by atoms with E-state index in [9.17, 15) is 9.59 Å². The second-order valence-corrected chi connectivity index (χ2v) is 4.81. The van der Waals surface area contributed by atoms with Gasteiger partial charge in [-0.15, -0.1) is 0 Å². The largest absolute Gasteiger partial charge is 0.497 e. The molecule has 0 unspecified atom stereocenters. The molecule has 2 rings (SSSR count). The number of methoxy groups -OCH3 is 1. The fourth-order valence-corrected chi connectivity index (χ4v) is 1.85. The van der Waals surface area contributed by atoms with Crippen LogP contribution in [0.25, 0.3) is 0 Å². The molecule has 0 saturated heterocycles. The van der Waals surface area contributed by atoms with Crippen LogP contribution in [0, 0.1) is 0 Å². The number of hydrogen-bond donors (Lipinski definition) is 2. The van der Waals surface area contributed by atoms with Gasteiger partial charge in [0.25, 0.3) is 5.91 Å². The molecule has 0 spiro atoms. The molecule has 0 aliphatic heterocycles. The van der Waals surface area contributed by atoms with Crippen LogP contribution in [0.5, 0.6) is 11.5 Å². The smallest absolute Gasteiger partial charge is 0.335 e. The lowest BCUT2D eigenvalue weighted by molar-refractivity contribution is -0.122. The minimum atomic E-state index is -1.01. The Labute approximate surface area is 133 Å². The van der Waals surface area contributed by atoms with Gasteiger partial charge in [0.05, 0.1) is 12.7 Å². The molecule has 6 heteroatoms. The van der Waals surface area contributed by atoms with Crippen LogP contribution in [-0.2, 0) is 4.79 Å². The lowest BCUT2D eigenvalue weighted by atomic mass is 10.2. The van der Waals surface area contributed by atoms with E-state index in [0.29, 0.717) is 17.2 Å². The minimum absolute atomic E-state index is 0.158. The summed E-state index contributed by atoms with van der Waals surface area (Å²) in [5, 5.41) is 11.5. The van der Waals surface area contributed by atoms with E-state index in [2.05, 4.69) is 5.32 Å². The Kier molecular flexibility index (Phi) is 5.19. The van der Waals surface area contributed by atoms with E-state index in [-0.39, 0.29) is 11.5 Å². The van der Waals surface area contributed by atoms with Gasteiger partial charge in [-0.3, -0.25) is 4.79 Å². The van der Waals surface area contributed by atoms with Gasteiger partial charge < -0.3 is 19.9 Å². The van der Waals surface area contributed by atoms with Gasteiger partial charge in [-0.1, -0.05) is 0 Å². The van der Waals surface area contributed by atoms with Crippen molar-refractivity contribution < 1.29 is 24.2 Å². The number of carbonyl (C=O) groups is 2. The third-order valence-corrected chi connectivity index (χ3v) is 3.14. The minimum Gasteiger partial charge on any atom is -0.497 e. The Hall–Kier alpha value is -3.02. The molecule has 0 aliphatic rings. The van der Waals surface area contributed by atoms with Crippen LogP contribution in [-0.4, -0.2) is 30.2 Å². The first kappa shape index (κ1) is 16.4. The molecule has 0 heterocycles. The van der Waals surface area contributed by atoms with E-state index in [1.807, 2.05) is 0 Å². The highest BCUT2D eigenvalue weighted by Crippen LogP contribution is 2.18. The lowest BCUT2D eigenvalue weighted by Crippen LogP contribution is -2.30. The van der Waals surface area contributed by atoms with Gasteiger partial charge in [0, 0.05) is 5.69 Å². The fourth-order valence-electron chi connectivity index (χ4n) is 1.85. The van der Waals surface area contributed by atoms with Crippen LogP contribution >= 0.6 is 0 Å². The SMILES string of the molecule is COc1ccc(O[C@H](C)C(=O)Nc2ccc(C(=O)O)cc2)cc1. The molecule has 0 bridgehead atoms. The summed E-state index contributed by atoms with van der Waals surface area (Å²) >= 11 is 0. The first-order valence-corrected chi connectivity index (χ1v) is 6.94. The monoisotopic (exact) mass is 315 g/mol. The molecule has 0 radical (unpaired) electrons. The average molecular weight is 315 g/mol. The third kappa shape index (κ3) is 4.47. The Morgan fingerprint density at radius 2 is 1.57 bits per heavy atom. The molecule has 0 fully saturated rings. The van der Waals surface area contributed by atoms with Gasteiger partial charge in [-0.2, -0.15) is 0 Å². The zero-order valence-corrected chi connectivity index (χ0v) is 12.8. The number of carboxylic acids is 1. The molecule has 0 saturated carbocycles. The van der Waals surface area contributed by atoms with E-state index < -0.39 is 12.1 Å². The van der Waals surface area contributed by atoms with Crippen molar-refractivity contribution in [2.45, 2.75) is 13.0 Å². The molecule has 2 N–H and O–H groups in total. The quantitative estimate of drug-likeness (QED) is 0.856. The lowest BCUT2D eigenvalue weighted by Gasteiger charge is -2.15. The first-order valence-electron chi connectivity index (χ1n) is 6.94. The van der Waals surface area contributed by atoms with Crippen LogP contribution < -0.4 is 14.8 Å². The van der Waals surface area contributed by atoms with Crippen LogP contribution in [0.1, 0.15) is 17.3 Å². The molecular formula is C17H17NO5. The molecular weight excluding hydrogens is 298 g/mol. The Morgan fingerprint density at radius 3 is 2.09 bits per heavy atom. The van der Waals surface area contributed by atoms with E-state index in [0.717, 1.165) is 0 Å². The van der Waals surface area contributed by atoms with Gasteiger partial charge in [0.1, 0.15) is 11.5 Å². The van der Waals surface area contributed by atoms with Gasteiger partial charge in [0.2, 0.25) is 0 Å². The predicted molar refractivity (Wildman–Crippen MR) is 85.1 cm³/mol. The second-order valence-electron chi connectivity index (χ2n) is 4.81. The number of nitrogens with one attached hydrogen (secondary N) is 1. The number of carboxylic acid groups (broad SMARTS) is 1. The maximum Gasteiger partial charge on any atom is 0.335 e. The van der Waals surface area contributed by atoms with Gasteiger partial charge in [-0.05, 0) is 55.5 Å². The number of aromatic carboxylic acids is 1. The highest BCUT2D eigenvalue weighted by Gasteiger charge is 2.15. The zero-order valence-electron chi connectivity index (χ0n) is 12.8. The molecule has 1 amide bonds. The summed E-state index contributed by atoms with van der Waals surface area (Å²) in [7, 11) is 1.57. The molecule has 2 aromatic carbocycles. The topological polar surface area (TPSA) is 84.9 Å². The van der Waals surface area contributed by atoms with Crippen molar-refractivity contribution in [2.75, 3.05) is 12.4 Å². The summed E-state index contributed by atoms with van der Waals surface area (Å²) in [6.45, 7) is 1.63. The van der Waals surface area contributed by atoms with Crippen molar-refractivity contribution in [2.24, 2.45) is 0 Å². The van der Waals surface area contributed by atoms with Crippen molar-refractivity contribution in [1.29, 1.82) is 0 Å². The molecule has 6 nitrogen and oxygen atoms in total. The summed E-state index contributed by atoms with van der Waals surface area (Å²) in [5.74, 6) is -0.0920. The molecule has 0 aromatic heterocycles. The number of ether oxygens (including phenoxy) is 2. The summed E-state index contributed by atoms with van der Waals surface area (Å²) in [4.78, 5) is 22.9. The molecule has 1 atom stereocenters. The average Bonchev–Trinajstić information content (AvgIpc) is 2.56. The molecule has 23 heavy (non-hydrogen) atoms. The van der Waals surface area contributed by atoms with Crippen molar-refractivity contribution in [3.05, 3.63) is 54.1 Å². The van der Waals surface area contributed by atoms with E-state index in [1.54, 1.807) is 38.3 Å². The van der Waals surface area contributed by atoms with Crippen LogP contribution in [0.15, 0.2) is 48.5 Å². The number of amides is 1. The Balaban J connectivity index is 1.94. The van der Waals surface area contributed by atoms with Crippen molar-refractivity contribution >= 4 is 17.6 Å². The first-order chi connectivity index (χ1) is 11.0. The summed E-state index contributed by atoms with van der Waals surface area (Å²) in [5.41, 5.74) is 0.663. The summed E-state index contributed by atoms with van der Waals surface area (Å²) in [6, 6.07) is 12.8. The number of hydrogen-bond acceptors (Lipinski definition) is 4. The Bertz CT molecular complexity index is 679. The fraction of sp³-hybridized carbons (Fsp3) is 0.176. The number of anilines is 1. The molecule has 120 valence electrons. The summed E-state index contributed by atoms with van der Waals surface area (Å²) < 4.78 is 10.6. The van der Waals surface area contributed by atoms with Gasteiger partial charge >= 0.3 is 5.97 Å². The Morgan fingerprint density at radius 1 is 1.00 bits per heavy atom. The molecule has 0 aliphatic carbocycles. The van der Waals surface area contributed by atoms with Crippen LogP contribution in [0.4, 0.5) is 5.69 Å². The van der Waals surface area contributed by atoms with Crippen molar-refractivity contribution in [1.82, 2.24) is 0 Å². The van der Waals surface area contributed by atoms with Crippen molar-refractivity contribution in [3.8, 4) is 11.5 Å². The number of rotatable bonds is 6. The van der Waals surface area contributed by atoms with Gasteiger partial charge in [0.15, 0.2) is 6.10 Å². The highest BCUT2D eigenvalue weighted by atomic mass is 16.5. The number of benzene rings is 2. The van der Waals surface area contributed by atoms with E-state index in [4.69, 9.17) is 14.6 Å². The second kappa shape index (κ2) is 7.31. The van der Waals surface area contributed by atoms with Gasteiger partial charge in [-0.25, -0.2) is 4.79 Å². The normalized spacial score (nSPS) is 11.4.